The van der Waals surface area contributed by atoms with Crippen LogP contribution < -0.4 is 5.73 Å². The van der Waals surface area contributed by atoms with Gasteiger partial charge in [-0.25, -0.2) is 4.98 Å². The van der Waals surface area contributed by atoms with Crippen LogP contribution in [0.4, 0.5) is 0 Å². The van der Waals surface area contributed by atoms with E-state index < -0.39 is 0 Å². The molecular weight excluding hydrogens is 262 g/mol. The standard InChI is InChI=1S/C16H17N5/c1-3-13(19)16(12-6-4-11(2)5-7-12)21-10-20-14(8-17)15(21)9-18/h4-7,10,13,16H,3,19H2,1-2H3. The largest absolute Gasteiger partial charge is 0.326 e. The van der Waals surface area contributed by atoms with E-state index in [9.17, 15) is 5.26 Å². The second-order valence-electron chi connectivity index (χ2n) is 5.00. The molecular formula is C16H17N5. The van der Waals surface area contributed by atoms with E-state index in [-0.39, 0.29) is 23.5 Å². The van der Waals surface area contributed by atoms with Crippen LogP contribution in [0.5, 0.6) is 0 Å². The lowest BCUT2D eigenvalue weighted by Crippen LogP contribution is -2.33. The van der Waals surface area contributed by atoms with Gasteiger partial charge in [0.25, 0.3) is 0 Å². The van der Waals surface area contributed by atoms with Gasteiger partial charge in [-0.15, -0.1) is 0 Å². The molecule has 1 aromatic carbocycles. The van der Waals surface area contributed by atoms with Crippen LogP contribution in [0.25, 0.3) is 0 Å². The van der Waals surface area contributed by atoms with E-state index in [2.05, 4.69) is 11.1 Å². The van der Waals surface area contributed by atoms with Crippen molar-refractivity contribution in [3.63, 3.8) is 0 Å². The quantitative estimate of drug-likeness (QED) is 0.929. The lowest BCUT2D eigenvalue weighted by molar-refractivity contribution is 0.455. The molecule has 0 amide bonds. The Morgan fingerprint density at radius 2 is 1.90 bits per heavy atom. The number of aryl methyl sites for hydroxylation is 1. The summed E-state index contributed by atoms with van der Waals surface area (Å²) >= 11 is 0. The lowest BCUT2D eigenvalue weighted by atomic mass is 9.96. The molecule has 0 bridgehead atoms. The fourth-order valence-corrected chi connectivity index (χ4v) is 2.37. The molecule has 5 nitrogen and oxygen atoms in total. The van der Waals surface area contributed by atoms with Gasteiger partial charge in [0.1, 0.15) is 12.1 Å². The first-order valence-electron chi connectivity index (χ1n) is 6.81. The zero-order chi connectivity index (χ0) is 15.4. The van der Waals surface area contributed by atoms with Gasteiger partial charge < -0.3 is 10.3 Å². The number of nitriles is 2. The summed E-state index contributed by atoms with van der Waals surface area (Å²) in [5.74, 6) is 0. The summed E-state index contributed by atoms with van der Waals surface area (Å²) in [5, 5.41) is 18.4. The molecule has 21 heavy (non-hydrogen) atoms. The van der Waals surface area contributed by atoms with E-state index in [1.54, 1.807) is 4.57 Å². The van der Waals surface area contributed by atoms with Crippen LogP contribution >= 0.6 is 0 Å². The Kier molecular flexibility index (Phi) is 4.37. The van der Waals surface area contributed by atoms with Crippen LogP contribution in [0.2, 0.25) is 0 Å². The van der Waals surface area contributed by atoms with E-state index in [1.807, 2.05) is 44.2 Å². The molecule has 0 aliphatic heterocycles. The van der Waals surface area contributed by atoms with Crippen LogP contribution in [0.15, 0.2) is 30.6 Å². The number of imidazole rings is 1. The number of benzene rings is 1. The summed E-state index contributed by atoms with van der Waals surface area (Å²) in [6.07, 6.45) is 2.28. The molecule has 1 aromatic heterocycles. The first-order chi connectivity index (χ1) is 10.1. The maximum absolute atomic E-state index is 9.31. The van der Waals surface area contributed by atoms with Gasteiger partial charge in [0.2, 0.25) is 0 Å². The van der Waals surface area contributed by atoms with Crippen LogP contribution in [0, 0.1) is 29.6 Å². The summed E-state index contributed by atoms with van der Waals surface area (Å²) in [5.41, 5.74) is 8.81. The minimum atomic E-state index is -0.208. The van der Waals surface area contributed by atoms with Crippen LogP contribution in [0.3, 0.4) is 0 Å². The van der Waals surface area contributed by atoms with Gasteiger partial charge in [-0.3, -0.25) is 0 Å². The molecule has 2 rings (SSSR count). The van der Waals surface area contributed by atoms with Crippen molar-refractivity contribution in [3.05, 3.63) is 53.1 Å². The number of hydrogen-bond acceptors (Lipinski definition) is 4. The molecule has 0 aliphatic rings. The van der Waals surface area contributed by atoms with Gasteiger partial charge in [0, 0.05) is 6.04 Å². The van der Waals surface area contributed by atoms with E-state index in [1.165, 1.54) is 6.33 Å². The number of nitrogens with two attached hydrogens (primary N) is 1. The molecule has 0 radical (unpaired) electrons. The first-order valence-corrected chi connectivity index (χ1v) is 6.81. The molecule has 2 aromatic rings. The Labute approximate surface area is 124 Å². The normalized spacial score (nSPS) is 13.2. The lowest BCUT2D eigenvalue weighted by Gasteiger charge is -2.25. The number of nitrogens with zero attached hydrogens (tertiary/aromatic N) is 4. The molecule has 0 aliphatic carbocycles. The number of rotatable bonds is 4. The van der Waals surface area contributed by atoms with Crippen molar-refractivity contribution in [2.75, 3.05) is 0 Å². The van der Waals surface area contributed by atoms with Crippen molar-refractivity contribution >= 4 is 0 Å². The van der Waals surface area contributed by atoms with Crippen molar-refractivity contribution in [2.45, 2.75) is 32.4 Å². The Morgan fingerprint density at radius 1 is 1.24 bits per heavy atom. The molecule has 0 spiro atoms. The Hall–Kier alpha value is -2.63. The molecule has 0 fully saturated rings. The molecule has 2 unspecified atom stereocenters. The maximum atomic E-state index is 9.31. The minimum absolute atomic E-state index is 0.137. The highest BCUT2D eigenvalue weighted by Gasteiger charge is 2.24. The second kappa shape index (κ2) is 6.21. The summed E-state index contributed by atoms with van der Waals surface area (Å²) in [4.78, 5) is 4.01. The summed E-state index contributed by atoms with van der Waals surface area (Å²) in [6, 6.07) is 11.7. The number of hydrogen-bond donors (Lipinski definition) is 1. The van der Waals surface area contributed by atoms with Crippen LogP contribution in [0.1, 0.15) is 41.9 Å². The number of aromatic nitrogens is 2. The van der Waals surface area contributed by atoms with Gasteiger partial charge in [-0.05, 0) is 18.9 Å². The topological polar surface area (TPSA) is 91.4 Å². The van der Waals surface area contributed by atoms with Gasteiger partial charge in [-0.1, -0.05) is 36.8 Å². The molecule has 2 N–H and O–H groups in total. The fraction of sp³-hybridized carbons (Fsp3) is 0.312. The molecule has 5 heteroatoms. The van der Waals surface area contributed by atoms with Crippen molar-refractivity contribution < 1.29 is 0 Å². The van der Waals surface area contributed by atoms with E-state index in [4.69, 9.17) is 11.0 Å². The minimum Gasteiger partial charge on any atom is -0.326 e. The van der Waals surface area contributed by atoms with E-state index in [0.717, 1.165) is 17.5 Å². The summed E-state index contributed by atoms with van der Waals surface area (Å²) in [6.45, 7) is 4.02. The average molecular weight is 279 g/mol. The van der Waals surface area contributed by atoms with Crippen molar-refractivity contribution in [3.8, 4) is 12.1 Å². The molecule has 106 valence electrons. The van der Waals surface area contributed by atoms with Crippen molar-refractivity contribution in [2.24, 2.45) is 5.73 Å². The van der Waals surface area contributed by atoms with Crippen molar-refractivity contribution in [1.29, 1.82) is 10.5 Å². The molecule has 0 saturated heterocycles. The highest BCUT2D eigenvalue weighted by molar-refractivity contribution is 5.38. The zero-order valence-corrected chi connectivity index (χ0v) is 12.1. The Balaban J connectivity index is 2.57. The predicted octanol–water partition coefficient (Wildman–Crippen LogP) is 2.26. The molecule has 2 atom stereocenters. The third-order valence-corrected chi connectivity index (χ3v) is 3.60. The van der Waals surface area contributed by atoms with E-state index >= 15 is 0 Å². The third kappa shape index (κ3) is 2.79. The maximum Gasteiger partial charge on any atom is 0.176 e. The van der Waals surface area contributed by atoms with Crippen molar-refractivity contribution in [1.82, 2.24) is 9.55 Å². The SMILES string of the molecule is CCC(N)C(c1ccc(C)cc1)n1cnc(C#N)c1C#N. The Bertz CT molecular complexity index is 700. The Morgan fingerprint density at radius 3 is 2.43 bits per heavy atom. The van der Waals surface area contributed by atoms with Gasteiger partial charge in [0.05, 0.1) is 12.4 Å². The van der Waals surface area contributed by atoms with Gasteiger partial charge >= 0.3 is 0 Å². The second-order valence-corrected chi connectivity index (χ2v) is 5.00. The zero-order valence-electron chi connectivity index (χ0n) is 12.1. The fourth-order valence-electron chi connectivity index (χ4n) is 2.37. The summed E-state index contributed by atoms with van der Waals surface area (Å²) in [7, 11) is 0. The third-order valence-electron chi connectivity index (χ3n) is 3.60. The highest BCUT2D eigenvalue weighted by atomic mass is 15.1. The van der Waals surface area contributed by atoms with Crippen LogP contribution in [-0.4, -0.2) is 15.6 Å². The average Bonchev–Trinajstić information content (AvgIpc) is 2.91. The van der Waals surface area contributed by atoms with Gasteiger partial charge in [-0.2, -0.15) is 10.5 Å². The molecule has 1 heterocycles. The van der Waals surface area contributed by atoms with Gasteiger partial charge in [0.15, 0.2) is 11.4 Å². The van der Waals surface area contributed by atoms with Crippen LogP contribution in [-0.2, 0) is 0 Å². The van der Waals surface area contributed by atoms with E-state index in [0.29, 0.717) is 0 Å². The first kappa shape index (κ1) is 14.8. The summed E-state index contributed by atoms with van der Waals surface area (Å²) < 4.78 is 1.71. The highest BCUT2D eigenvalue weighted by Crippen LogP contribution is 2.25. The predicted molar refractivity (Wildman–Crippen MR) is 79.2 cm³/mol. The molecule has 0 saturated carbocycles. The monoisotopic (exact) mass is 279 g/mol. The smallest absolute Gasteiger partial charge is 0.176 e.